The summed E-state index contributed by atoms with van der Waals surface area (Å²) in [7, 11) is 0. The lowest BCUT2D eigenvalue weighted by Gasteiger charge is -2.15. The van der Waals surface area contributed by atoms with Gasteiger partial charge in [-0.3, -0.25) is 5.41 Å². The highest BCUT2D eigenvalue weighted by Crippen LogP contribution is 2.10. The Hall–Kier alpha value is -1.55. The van der Waals surface area contributed by atoms with Crippen LogP contribution >= 0.6 is 0 Å². The summed E-state index contributed by atoms with van der Waals surface area (Å²) in [6, 6.07) is 7.46. The van der Waals surface area contributed by atoms with Crippen molar-refractivity contribution in [2.45, 2.75) is 6.92 Å². The van der Waals surface area contributed by atoms with Crippen molar-refractivity contribution < 1.29 is 0 Å². The third-order valence-electron chi connectivity index (χ3n) is 1.57. The monoisotopic (exact) mass is 164 g/mol. The molecule has 0 bridgehead atoms. The lowest BCUT2D eigenvalue weighted by molar-refractivity contribution is 1.09. The van der Waals surface area contributed by atoms with Crippen molar-refractivity contribution >= 4 is 11.6 Å². The van der Waals surface area contributed by atoms with Crippen LogP contribution in [0.15, 0.2) is 24.3 Å². The van der Waals surface area contributed by atoms with E-state index >= 15 is 0 Å². The van der Waals surface area contributed by atoms with Crippen LogP contribution in [0, 0.1) is 12.3 Å². The summed E-state index contributed by atoms with van der Waals surface area (Å²) >= 11 is 0. The molecule has 0 aliphatic carbocycles. The summed E-state index contributed by atoms with van der Waals surface area (Å²) in [5, 5.41) is 8.19. The number of anilines is 1. The number of nitrogens with two attached hydrogens (primary N) is 2. The van der Waals surface area contributed by atoms with Crippen LogP contribution in [0.25, 0.3) is 0 Å². The molecular formula is C8H12N4. The second-order valence-electron chi connectivity index (χ2n) is 2.59. The highest BCUT2D eigenvalue weighted by Gasteiger charge is 2.01. The lowest BCUT2D eigenvalue weighted by Crippen LogP contribution is -2.42. The Morgan fingerprint density at radius 1 is 1.33 bits per heavy atom. The van der Waals surface area contributed by atoms with Crippen LogP contribution in [0.3, 0.4) is 0 Å². The first-order chi connectivity index (χ1) is 5.61. The predicted molar refractivity (Wildman–Crippen MR) is 49.8 cm³/mol. The van der Waals surface area contributed by atoms with Crippen LogP contribution in [0.2, 0.25) is 0 Å². The standard InChI is InChI=1S/C8H12N4/c1-6-2-4-7(5-3-6)12(11)8(9)10/h2-5H,11H2,1H3,(H3,9,10). The molecule has 0 amide bonds. The topological polar surface area (TPSA) is 79.1 Å². The highest BCUT2D eigenvalue weighted by molar-refractivity contribution is 5.91. The zero-order chi connectivity index (χ0) is 9.14. The Labute approximate surface area is 71.3 Å². The van der Waals surface area contributed by atoms with E-state index in [0.717, 1.165) is 10.6 Å². The summed E-state index contributed by atoms with van der Waals surface area (Å²) in [4.78, 5) is 0. The van der Waals surface area contributed by atoms with Crippen molar-refractivity contribution in [1.29, 1.82) is 5.41 Å². The normalized spacial score (nSPS) is 9.50. The second kappa shape index (κ2) is 3.23. The zero-order valence-electron chi connectivity index (χ0n) is 6.91. The number of guanidine groups is 1. The van der Waals surface area contributed by atoms with Crippen LogP contribution in [0.4, 0.5) is 5.69 Å². The molecule has 0 saturated carbocycles. The Balaban J connectivity index is 2.89. The number of nitrogens with zero attached hydrogens (tertiary/aromatic N) is 1. The van der Waals surface area contributed by atoms with E-state index in [2.05, 4.69) is 0 Å². The van der Waals surface area contributed by atoms with E-state index in [1.807, 2.05) is 31.2 Å². The van der Waals surface area contributed by atoms with Gasteiger partial charge in [0.05, 0.1) is 5.69 Å². The van der Waals surface area contributed by atoms with Gasteiger partial charge in [0.25, 0.3) is 0 Å². The maximum absolute atomic E-state index is 7.07. The van der Waals surface area contributed by atoms with Gasteiger partial charge < -0.3 is 5.73 Å². The zero-order valence-corrected chi connectivity index (χ0v) is 6.91. The molecule has 1 rings (SSSR count). The highest BCUT2D eigenvalue weighted by atomic mass is 15.5. The van der Waals surface area contributed by atoms with Gasteiger partial charge in [0.1, 0.15) is 0 Å². The van der Waals surface area contributed by atoms with Crippen LogP contribution in [0.1, 0.15) is 5.56 Å². The molecule has 0 fully saturated rings. The number of hydrogen-bond acceptors (Lipinski definition) is 2. The van der Waals surface area contributed by atoms with Crippen molar-refractivity contribution in [2.75, 3.05) is 5.01 Å². The van der Waals surface area contributed by atoms with E-state index in [9.17, 15) is 0 Å². The van der Waals surface area contributed by atoms with E-state index in [4.69, 9.17) is 17.0 Å². The third-order valence-corrected chi connectivity index (χ3v) is 1.57. The predicted octanol–water partition coefficient (Wildman–Crippen LogP) is 0.569. The first-order valence-electron chi connectivity index (χ1n) is 3.57. The van der Waals surface area contributed by atoms with Crippen molar-refractivity contribution in [3.05, 3.63) is 29.8 Å². The van der Waals surface area contributed by atoms with Crippen molar-refractivity contribution in [2.24, 2.45) is 11.6 Å². The van der Waals surface area contributed by atoms with Crippen molar-refractivity contribution in [3.8, 4) is 0 Å². The number of rotatable bonds is 1. The van der Waals surface area contributed by atoms with Gasteiger partial charge >= 0.3 is 0 Å². The van der Waals surface area contributed by atoms with Gasteiger partial charge in [-0.25, -0.2) is 10.9 Å². The van der Waals surface area contributed by atoms with Gasteiger partial charge in [-0.05, 0) is 19.1 Å². The first-order valence-corrected chi connectivity index (χ1v) is 3.57. The molecular weight excluding hydrogens is 152 g/mol. The summed E-state index contributed by atoms with van der Waals surface area (Å²) in [6.07, 6.45) is 0. The van der Waals surface area contributed by atoms with Crippen LogP contribution in [-0.2, 0) is 0 Å². The van der Waals surface area contributed by atoms with Gasteiger partial charge in [-0.2, -0.15) is 0 Å². The molecule has 4 nitrogen and oxygen atoms in total. The quantitative estimate of drug-likeness (QED) is 0.246. The largest absolute Gasteiger partial charge is 0.369 e. The Kier molecular flexibility index (Phi) is 2.30. The average Bonchev–Trinajstić information content (AvgIpc) is 2.04. The molecule has 12 heavy (non-hydrogen) atoms. The van der Waals surface area contributed by atoms with E-state index in [-0.39, 0.29) is 5.96 Å². The number of aryl methyl sites for hydroxylation is 1. The Morgan fingerprint density at radius 2 is 1.83 bits per heavy atom. The first kappa shape index (κ1) is 8.55. The number of hydrogen-bond donors (Lipinski definition) is 3. The minimum absolute atomic E-state index is 0.168. The molecule has 64 valence electrons. The lowest BCUT2D eigenvalue weighted by atomic mass is 10.2. The number of nitrogens with one attached hydrogen (secondary N) is 1. The second-order valence-corrected chi connectivity index (χ2v) is 2.59. The van der Waals surface area contributed by atoms with Crippen LogP contribution < -0.4 is 16.6 Å². The molecule has 1 aromatic carbocycles. The Morgan fingerprint density at radius 3 is 2.25 bits per heavy atom. The summed E-state index contributed by atoms with van der Waals surface area (Å²) in [5.41, 5.74) is 7.05. The third kappa shape index (κ3) is 1.73. The van der Waals surface area contributed by atoms with Gasteiger partial charge in [0.2, 0.25) is 5.96 Å². The van der Waals surface area contributed by atoms with E-state index < -0.39 is 0 Å². The van der Waals surface area contributed by atoms with Crippen molar-refractivity contribution in [1.82, 2.24) is 0 Å². The summed E-state index contributed by atoms with van der Waals surface area (Å²) in [6.45, 7) is 1.98. The maximum Gasteiger partial charge on any atom is 0.207 e. The summed E-state index contributed by atoms with van der Waals surface area (Å²) in [5.74, 6) is 5.30. The molecule has 0 aromatic heterocycles. The number of benzene rings is 1. The molecule has 0 saturated heterocycles. The molecule has 5 N–H and O–H groups in total. The van der Waals surface area contributed by atoms with Gasteiger partial charge in [0, 0.05) is 0 Å². The minimum Gasteiger partial charge on any atom is -0.369 e. The molecule has 0 unspecified atom stereocenters. The maximum atomic E-state index is 7.07. The molecule has 0 aliphatic heterocycles. The molecule has 0 heterocycles. The minimum atomic E-state index is -0.168. The van der Waals surface area contributed by atoms with Crippen LogP contribution in [0.5, 0.6) is 0 Å². The fourth-order valence-electron chi connectivity index (χ4n) is 0.844. The molecule has 0 radical (unpaired) electrons. The SMILES string of the molecule is Cc1ccc(N(N)C(=N)N)cc1. The molecule has 0 spiro atoms. The van der Waals surface area contributed by atoms with E-state index in [1.54, 1.807) is 0 Å². The molecule has 0 aliphatic rings. The van der Waals surface area contributed by atoms with Crippen molar-refractivity contribution in [3.63, 3.8) is 0 Å². The fourth-order valence-corrected chi connectivity index (χ4v) is 0.844. The van der Waals surface area contributed by atoms with Gasteiger partial charge in [-0.1, -0.05) is 17.7 Å². The molecule has 4 heteroatoms. The summed E-state index contributed by atoms with van der Waals surface area (Å²) < 4.78 is 0. The average molecular weight is 164 g/mol. The number of hydrazine groups is 1. The molecule has 1 aromatic rings. The van der Waals surface area contributed by atoms with Gasteiger partial charge in [0.15, 0.2) is 0 Å². The fraction of sp³-hybridized carbons (Fsp3) is 0.125. The van der Waals surface area contributed by atoms with Crippen LogP contribution in [-0.4, -0.2) is 5.96 Å². The Bertz CT molecular complexity index is 278. The smallest absolute Gasteiger partial charge is 0.207 e. The van der Waals surface area contributed by atoms with E-state index in [1.165, 1.54) is 0 Å². The van der Waals surface area contributed by atoms with E-state index in [0.29, 0.717) is 5.69 Å². The molecule has 0 atom stereocenters. The van der Waals surface area contributed by atoms with Gasteiger partial charge in [-0.15, -0.1) is 0 Å².